The summed E-state index contributed by atoms with van der Waals surface area (Å²) < 4.78 is 1.31. The van der Waals surface area contributed by atoms with Gasteiger partial charge in [-0.2, -0.15) is 0 Å². The lowest BCUT2D eigenvalue weighted by atomic mass is 9.85. The van der Waals surface area contributed by atoms with Gasteiger partial charge in [-0.3, -0.25) is 0 Å². The van der Waals surface area contributed by atoms with Gasteiger partial charge in [-0.15, -0.1) is 11.3 Å². The van der Waals surface area contributed by atoms with Crippen LogP contribution < -0.4 is 5.32 Å². The molecule has 1 N–H and O–H groups in total. The van der Waals surface area contributed by atoms with Crippen LogP contribution in [0.5, 0.6) is 0 Å². The predicted molar refractivity (Wildman–Crippen MR) is 66.1 cm³/mol. The van der Waals surface area contributed by atoms with Gasteiger partial charge in [0.2, 0.25) is 0 Å². The van der Waals surface area contributed by atoms with Crippen LogP contribution in [0.4, 0.5) is 0 Å². The van der Waals surface area contributed by atoms with Crippen LogP contribution in [0.25, 0.3) is 0 Å². The lowest BCUT2D eigenvalue weighted by molar-refractivity contribution is 0.358. The summed E-state index contributed by atoms with van der Waals surface area (Å²) in [6, 6.07) is 2.89. The van der Waals surface area contributed by atoms with Crippen LogP contribution in [0.15, 0.2) is 15.9 Å². The van der Waals surface area contributed by atoms with Crippen LogP contribution in [0.2, 0.25) is 0 Å². The van der Waals surface area contributed by atoms with Crippen molar-refractivity contribution in [2.75, 3.05) is 7.05 Å². The van der Waals surface area contributed by atoms with E-state index in [1.54, 1.807) is 4.88 Å². The van der Waals surface area contributed by atoms with Crippen LogP contribution in [0.1, 0.15) is 36.5 Å². The van der Waals surface area contributed by atoms with Crippen molar-refractivity contribution in [1.29, 1.82) is 0 Å². The standard InChI is InChI=1S/C11H16BrNS/c1-13-9-4-2-3-8(7-9)11-10(12)5-6-14-11/h5-6,8-9,13H,2-4,7H2,1H3. The molecule has 1 heterocycles. The van der Waals surface area contributed by atoms with Crippen LogP contribution in [0.3, 0.4) is 0 Å². The molecule has 0 aromatic carbocycles. The molecule has 0 amide bonds. The molecule has 0 saturated heterocycles. The Kier molecular flexibility index (Phi) is 3.63. The molecule has 3 heteroatoms. The molecular weight excluding hydrogens is 258 g/mol. The third-order valence-corrected chi connectivity index (χ3v) is 5.13. The number of thiophene rings is 1. The van der Waals surface area contributed by atoms with E-state index < -0.39 is 0 Å². The first-order valence-corrected chi connectivity index (χ1v) is 6.88. The van der Waals surface area contributed by atoms with E-state index in [0.717, 1.165) is 12.0 Å². The Bertz CT molecular complexity index is 297. The topological polar surface area (TPSA) is 12.0 Å². The summed E-state index contributed by atoms with van der Waals surface area (Å²) in [5, 5.41) is 5.59. The number of hydrogen-bond acceptors (Lipinski definition) is 2. The summed E-state index contributed by atoms with van der Waals surface area (Å²) in [4.78, 5) is 1.55. The van der Waals surface area contributed by atoms with E-state index in [4.69, 9.17) is 0 Å². The van der Waals surface area contributed by atoms with Gasteiger partial charge < -0.3 is 5.32 Å². The summed E-state index contributed by atoms with van der Waals surface area (Å²) in [5.41, 5.74) is 0. The highest BCUT2D eigenvalue weighted by Crippen LogP contribution is 2.39. The third kappa shape index (κ3) is 2.20. The number of halogens is 1. The van der Waals surface area contributed by atoms with Gasteiger partial charge in [-0.05, 0) is 59.6 Å². The van der Waals surface area contributed by atoms with Gasteiger partial charge in [0, 0.05) is 15.4 Å². The van der Waals surface area contributed by atoms with Gasteiger partial charge in [0.15, 0.2) is 0 Å². The molecule has 2 unspecified atom stereocenters. The molecule has 2 rings (SSSR count). The quantitative estimate of drug-likeness (QED) is 0.866. The van der Waals surface area contributed by atoms with Crippen molar-refractivity contribution < 1.29 is 0 Å². The Morgan fingerprint density at radius 3 is 3.00 bits per heavy atom. The minimum absolute atomic E-state index is 0.725. The van der Waals surface area contributed by atoms with Crippen LogP contribution in [0, 0.1) is 0 Å². The maximum atomic E-state index is 3.63. The largest absolute Gasteiger partial charge is 0.317 e. The second kappa shape index (κ2) is 4.77. The van der Waals surface area contributed by atoms with Crippen molar-refractivity contribution >= 4 is 27.3 Å². The van der Waals surface area contributed by atoms with Crippen molar-refractivity contribution in [1.82, 2.24) is 5.32 Å². The second-order valence-electron chi connectivity index (χ2n) is 3.98. The zero-order valence-electron chi connectivity index (χ0n) is 8.42. The van der Waals surface area contributed by atoms with E-state index in [2.05, 4.69) is 39.7 Å². The molecule has 0 aliphatic heterocycles. The SMILES string of the molecule is CNC1CCCC(c2sccc2Br)C1. The van der Waals surface area contributed by atoms with Crippen LogP contribution >= 0.6 is 27.3 Å². The van der Waals surface area contributed by atoms with Gasteiger partial charge in [0.1, 0.15) is 0 Å². The maximum absolute atomic E-state index is 3.63. The normalized spacial score (nSPS) is 27.9. The minimum Gasteiger partial charge on any atom is -0.317 e. The lowest BCUT2D eigenvalue weighted by Crippen LogP contribution is -2.30. The first-order valence-electron chi connectivity index (χ1n) is 5.21. The summed E-state index contributed by atoms with van der Waals surface area (Å²) in [7, 11) is 2.08. The molecule has 1 aromatic heterocycles. The molecule has 2 atom stereocenters. The molecule has 1 saturated carbocycles. The molecule has 1 aromatic rings. The monoisotopic (exact) mass is 273 g/mol. The number of rotatable bonds is 2. The molecule has 1 aliphatic carbocycles. The fourth-order valence-corrected chi connectivity index (χ4v) is 4.14. The fourth-order valence-electron chi connectivity index (χ4n) is 2.29. The average molecular weight is 274 g/mol. The third-order valence-electron chi connectivity index (χ3n) is 3.10. The van der Waals surface area contributed by atoms with Crippen LogP contribution in [-0.4, -0.2) is 13.1 Å². The van der Waals surface area contributed by atoms with E-state index in [0.29, 0.717) is 0 Å². The first kappa shape index (κ1) is 10.7. The number of hydrogen-bond donors (Lipinski definition) is 1. The molecule has 1 nitrogen and oxygen atoms in total. The summed E-state index contributed by atoms with van der Waals surface area (Å²) in [5.74, 6) is 0.774. The van der Waals surface area contributed by atoms with E-state index in [-0.39, 0.29) is 0 Å². The molecular formula is C11H16BrNS. The zero-order chi connectivity index (χ0) is 9.97. The highest BCUT2D eigenvalue weighted by Gasteiger charge is 2.24. The first-order chi connectivity index (χ1) is 6.81. The van der Waals surface area contributed by atoms with Crippen molar-refractivity contribution in [3.63, 3.8) is 0 Å². The molecule has 0 radical (unpaired) electrons. The highest BCUT2D eigenvalue weighted by atomic mass is 79.9. The molecule has 78 valence electrons. The minimum atomic E-state index is 0.725. The maximum Gasteiger partial charge on any atom is 0.0317 e. The van der Waals surface area contributed by atoms with Crippen molar-refractivity contribution in [3.8, 4) is 0 Å². The predicted octanol–water partition coefficient (Wildman–Crippen LogP) is 3.76. The molecule has 14 heavy (non-hydrogen) atoms. The van der Waals surface area contributed by atoms with Gasteiger partial charge in [0.05, 0.1) is 0 Å². The Hall–Kier alpha value is 0.140. The summed E-state index contributed by atoms with van der Waals surface area (Å²) >= 11 is 5.53. The Morgan fingerprint density at radius 1 is 1.50 bits per heavy atom. The van der Waals surface area contributed by atoms with E-state index in [9.17, 15) is 0 Å². The molecule has 0 spiro atoms. The zero-order valence-corrected chi connectivity index (χ0v) is 10.8. The lowest BCUT2D eigenvalue weighted by Gasteiger charge is -2.28. The fraction of sp³-hybridized carbons (Fsp3) is 0.636. The molecule has 1 aliphatic rings. The van der Waals surface area contributed by atoms with Crippen molar-refractivity contribution in [3.05, 3.63) is 20.8 Å². The second-order valence-corrected chi connectivity index (χ2v) is 5.78. The Labute approximate surface area is 98.0 Å². The van der Waals surface area contributed by atoms with Gasteiger partial charge in [0.25, 0.3) is 0 Å². The van der Waals surface area contributed by atoms with Crippen molar-refractivity contribution in [2.24, 2.45) is 0 Å². The molecule has 1 fully saturated rings. The van der Waals surface area contributed by atoms with Gasteiger partial charge >= 0.3 is 0 Å². The van der Waals surface area contributed by atoms with Gasteiger partial charge in [-0.25, -0.2) is 0 Å². The highest BCUT2D eigenvalue weighted by molar-refractivity contribution is 9.10. The smallest absolute Gasteiger partial charge is 0.0317 e. The summed E-state index contributed by atoms with van der Waals surface area (Å²) in [6.07, 6.45) is 5.36. The Morgan fingerprint density at radius 2 is 2.36 bits per heavy atom. The average Bonchev–Trinajstić information content (AvgIpc) is 2.65. The number of nitrogens with one attached hydrogen (secondary N) is 1. The summed E-state index contributed by atoms with van der Waals surface area (Å²) in [6.45, 7) is 0. The molecule has 0 bridgehead atoms. The van der Waals surface area contributed by atoms with E-state index >= 15 is 0 Å². The van der Waals surface area contributed by atoms with Gasteiger partial charge in [-0.1, -0.05) is 6.42 Å². The van der Waals surface area contributed by atoms with E-state index in [1.807, 2.05) is 11.3 Å². The van der Waals surface area contributed by atoms with E-state index in [1.165, 1.54) is 30.2 Å². The Balaban J connectivity index is 2.08. The van der Waals surface area contributed by atoms with Crippen LogP contribution in [-0.2, 0) is 0 Å². The van der Waals surface area contributed by atoms with Crippen molar-refractivity contribution in [2.45, 2.75) is 37.6 Å².